The summed E-state index contributed by atoms with van der Waals surface area (Å²) in [5.41, 5.74) is 2.60. The number of anilines is 2. The van der Waals surface area contributed by atoms with Gasteiger partial charge in [0.05, 0.1) is 10.6 Å². The number of hydrogen-bond acceptors (Lipinski definition) is 4. The average molecular weight is 355 g/mol. The van der Waals surface area contributed by atoms with E-state index in [4.69, 9.17) is 11.6 Å². The van der Waals surface area contributed by atoms with Gasteiger partial charge in [0.1, 0.15) is 0 Å². The van der Waals surface area contributed by atoms with E-state index in [1.807, 2.05) is 55.5 Å². The summed E-state index contributed by atoms with van der Waals surface area (Å²) in [6.45, 7) is 1.84. The maximum Gasteiger partial charge on any atom is 0.197 e. The summed E-state index contributed by atoms with van der Waals surface area (Å²) in [6.07, 6.45) is 3.40. The molecule has 3 rings (SSSR count). The molecule has 0 fully saturated rings. The van der Waals surface area contributed by atoms with Crippen LogP contribution in [0.5, 0.6) is 0 Å². The Balaban J connectivity index is 1.74. The Morgan fingerprint density at radius 2 is 1.83 bits per heavy atom. The Kier molecular flexibility index (Phi) is 5.08. The predicted molar refractivity (Wildman–Crippen MR) is 101 cm³/mol. The first-order valence-electron chi connectivity index (χ1n) is 7.39. The zero-order valence-corrected chi connectivity index (χ0v) is 14.6. The van der Waals surface area contributed by atoms with Crippen molar-refractivity contribution in [1.29, 1.82) is 0 Å². The fraction of sp³-hybridized carbons (Fsp3) is 0.0526. The molecule has 0 aliphatic carbocycles. The number of halogens is 1. The number of nitrogens with zero attached hydrogens (tertiary/aromatic N) is 1. The van der Waals surface area contributed by atoms with E-state index in [1.165, 1.54) is 11.3 Å². The molecule has 0 amide bonds. The van der Waals surface area contributed by atoms with Crippen molar-refractivity contribution in [3.63, 3.8) is 0 Å². The highest BCUT2D eigenvalue weighted by molar-refractivity contribution is 7.17. The average Bonchev–Trinajstić information content (AvgIpc) is 2.96. The fourth-order valence-corrected chi connectivity index (χ4v) is 3.18. The zero-order chi connectivity index (χ0) is 16.9. The van der Waals surface area contributed by atoms with E-state index in [9.17, 15) is 4.79 Å². The van der Waals surface area contributed by atoms with Crippen LogP contribution in [0.3, 0.4) is 0 Å². The summed E-state index contributed by atoms with van der Waals surface area (Å²) in [7, 11) is 0. The van der Waals surface area contributed by atoms with Crippen molar-refractivity contribution in [2.45, 2.75) is 6.92 Å². The van der Waals surface area contributed by atoms with Gasteiger partial charge in [-0.15, -0.1) is 0 Å². The second-order valence-electron chi connectivity index (χ2n) is 5.17. The summed E-state index contributed by atoms with van der Waals surface area (Å²) < 4.78 is 0. The lowest BCUT2D eigenvalue weighted by molar-refractivity contribution is 0.105. The number of carbonyl (C=O) groups excluding carboxylic acids is 1. The van der Waals surface area contributed by atoms with Crippen molar-refractivity contribution in [2.24, 2.45) is 0 Å². The molecule has 0 aliphatic rings. The third-order valence-corrected chi connectivity index (χ3v) is 4.68. The Labute approximate surface area is 149 Å². The number of allylic oxidation sites excluding steroid dienone is 1. The lowest BCUT2D eigenvalue weighted by Gasteiger charge is -2.01. The Hall–Kier alpha value is -2.43. The molecule has 120 valence electrons. The molecule has 1 N–H and O–H groups in total. The van der Waals surface area contributed by atoms with Gasteiger partial charge in [0.2, 0.25) is 0 Å². The second kappa shape index (κ2) is 7.43. The summed E-state index contributed by atoms with van der Waals surface area (Å²) >= 11 is 7.22. The topological polar surface area (TPSA) is 42.0 Å². The van der Waals surface area contributed by atoms with E-state index >= 15 is 0 Å². The minimum Gasteiger partial charge on any atom is -0.332 e. The lowest BCUT2D eigenvalue weighted by Crippen LogP contribution is -1.93. The molecule has 1 aromatic heterocycles. The minimum absolute atomic E-state index is 0.0435. The lowest BCUT2D eigenvalue weighted by atomic mass is 10.2. The maximum absolute atomic E-state index is 12.4. The predicted octanol–water partition coefficient (Wildman–Crippen LogP) is 5.74. The molecule has 0 unspecified atom stereocenters. The number of aryl methyl sites for hydroxylation is 1. The summed E-state index contributed by atoms with van der Waals surface area (Å²) in [4.78, 5) is 17.4. The Morgan fingerprint density at radius 1 is 1.12 bits per heavy atom. The van der Waals surface area contributed by atoms with Crippen LogP contribution in [0, 0.1) is 6.92 Å². The SMILES string of the molecule is Cc1nc(Nc2ccc(Cl)cc2)sc1C(=O)/C=C/c1ccccc1. The molecule has 0 spiro atoms. The number of rotatable bonds is 5. The van der Waals surface area contributed by atoms with Crippen molar-refractivity contribution in [3.8, 4) is 0 Å². The first-order valence-corrected chi connectivity index (χ1v) is 8.59. The van der Waals surface area contributed by atoms with Crippen LogP contribution < -0.4 is 5.32 Å². The van der Waals surface area contributed by atoms with Crippen LogP contribution in [-0.4, -0.2) is 10.8 Å². The second-order valence-corrected chi connectivity index (χ2v) is 6.61. The third-order valence-electron chi connectivity index (χ3n) is 3.34. The van der Waals surface area contributed by atoms with Gasteiger partial charge in [-0.3, -0.25) is 4.79 Å². The summed E-state index contributed by atoms with van der Waals surface area (Å²) in [6, 6.07) is 17.1. The number of carbonyl (C=O) groups is 1. The van der Waals surface area contributed by atoms with Gasteiger partial charge in [-0.05, 0) is 42.8 Å². The van der Waals surface area contributed by atoms with Crippen molar-refractivity contribution in [2.75, 3.05) is 5.32 Å². The van der Waals surface area contributed by atoms with Gasteiger partial charge in [0.15, 0.2) is 10.9 Å². The largest absolute Gasteiger partial charge is 0.332 e. The van der Waals surface area contributed by atoms with Gasteiger partial charge in [0.25, 0.3) is 0 Å². The number of ketones is 1. The smallest absolute Gasteiger partial charge is 0.197 e. The Bertz CT molecular complexity index is 870. The molecular formula is C19H15ClN2OS. The van der Waals surface area contributed by atoms with Crippen LogP contribution in [-0.2, 0) is 0 Å². The van der Waals surface area contributed by atoms with Crippen molar-refractivity contribution in [1.82, 2.24) is 4.98 Å². The monoisotopic (exact) mass is 354 g/mol. The van der Waals surface area contributed by atoms with E-state index in [-0.39, 0.29) is 5.78 Å². The van der Waals surface area contributed by atoms with Gasteiger partial charge in [-0.2, -0.15) is 0 Å². The molecule has 1 heterocycles. The number of benzene rings is 2. The number of thiazole rings is 1. The molecule has 0 bridgehead atoms. The van der Waals surface area contributed by atoms with E-state index in [0.717, 1.165) is 16.9 Å². The first-order chi connectivity index (χ1) is 11.6. The van der Waals surface area contributed by atoms with Gasteiger partial charge >= 0.3 is 0 Å². The molecule has 0 saturated heterocycles. The molecule has 5 heteroatoms. The van der Waals surface area contributed by atoms with Gasteiger partial charge in [-0.1, -0.05) is 59.3 Å². The minimum atomic E-state index is -0.0435. The van der Waals surface area contributed by atoms with E-state index in [1.54, 1.807) is 18.2 Å². The molecular weight excluding hydrogens is 340 g/mol. The molecule has 0 atom stereocenters. The van der Waals surface area contributed by atoms with Crippen molar-refractivity contribution in [3.05, 3.63) is 81.8 Å². The summed E-state index contributed by atoms with van der Waals surface area (Å²) in [5.74, 6) is -0.0435. The molecule has 0 saturated carbocycles. The first kappa shape index (κ1) is 16.4. The number of nitrogens with one attached hydrogen (secondary N) is 1. The maximum atomic E-state index is 12.4. The highest BCUT2D eigenvalue weighted by Gasteiger charge is 2.13. The quantitative estimate of drug-likeness (QED) is 0.469. The molecule has 0 aliphatic heterocycles. The Morgan fingerprint density at radius 3 is 2.54 bits per heavy atom. The number of aromatic nitrogens is 1. The van der Waals surface area contributed by atoms with Crippen molar-refractivity contribution >= 4 is 45.6 Å². The number of hydrogen-bond donors (Lipinski definition) is 1. The molecule has 24 heavy (non-hydrogen) atoms. The van der Waals surface area contributed by atoms with Crippen LogP contribution in [0.2, 0.25) is 5.02 Å². The fourth-order valence-electron chi connectivity index (χ4n) is 2.15. The van der Waals surface area contributed by atoms with Crippen LogP contribution in [0.15, 0.2) is 60.7 Å². The highest BCUT2D eigenvalue weighted by atomic mass is 35.5. The van der Waals surface area contributed by atoms with E-state index in [0.29, 0.717) is 15.0 Å². The van der Waals surface area contributed by atoms with E-state index < -0.39 is 0 Å². The third kappa shape index (κ3) is 4.10. The van der Waals surface area contributed by atoms with Gasteiger partial charge in [0, 0.05) is 10.7 Å². The molecule has 2 aromatic carbocycles. The van der Waals surface area contributed by atoms with Crippen LogP contribution in [0.4, 0.5) is 10.8 Å². The molecule has 0 radical (unpaired) electrons. The van der Waals surface area contributed by atoms with Crippen LogP contribution in [0.1, 0.15) is 20.9 Å². The molecule has 3 aromatic rings. The zero-order valence-electron chi connectivity index (χ0n) is 13.0. The van der Waals surface area contributed by atoms with Gasteiger partial charge in [-0.25, -0.2) is 4.98 Å². The van der Waals surface area contributed by atoms with Gasteiger partial charge < -0.3 is 5.32 Å². The van der Waals surface area contributed by atoms with Crippen molar-refractivity contribution < 1.29 is 4.79 Å². The highest BCUT2D eigenvalue weighted by Crippen LogP contribution is 2.27. The molecule has 3 nitrogen and oxygen atoms in total. The van der Waals surface area contributed by atoms with E-state index in [2.05, 4.69) is 10.3 Å². The van der Waals surface area contributed by atoms with Crippen LogP contribution in [0.25, 0.3) is 6.08 Å². The van der Waals surface area contributed by atoms with Crippen LogP contribution >= 0.6 is 22.9 Å². The normalized spacial score (nSPS) is 10.9. The standard InChI is InChI=1S/C19H15ClN2OS/c1-13-18(17(23)12-7-14-5-3-2-4-6-14)24-19(21-13)22-16-10-8-15(20)9-11-16/h2-12H,1H3,(H,21,22)/b12-7+. The summed E-state index contributed by atoms with van der Waals surface area (Å²) in [5, 5.41) is 4.56.